The molecule has 1 atom stereocenters. The van der Waals surface area contributed by atoms with Crippen LogP contribution in [0.4, 0.5) is 0 Å². The molecule has 7 nitrogen and oxygen atoms in total. The van der Waals surface area contributed by atoms with E-state index in [0.717, 1.165) is 0 Å². The van der Waals surface area contributed by atoms with Crippen molar-refractivity contribution in [1.29, 1.82) is 0 Å². The Labute approximate surface area is 123 Å². The van der Waals surface area contributed by atoms with Crippen molar-refractivity contribution in [3.8, 4) is 0 Å². The minimum absolute atomic E-state index is 0.0426. The van der Waals surface area contributed by atoms with Crippen molar-refractivity contribution >= 4 is 22.0 Å². The lowest BCUT2D eigenvalue weighted by Crippen LogP contribution is -2.36. The Bertz CT molecular complexity index is 608. The highest BCUT2D eigenvalue weighted by Gasteiger charge is 2.21. The molecule has 0 spiro atoms. The highest BCUT2D eigenvalue weighted by molar-refractivity contribution is 7.89. The standard InChI is InChI=1S/C13H17NO6S/c1-3-10(8-12(15)16)14-21(18,19)11-6-4-9(5-7-11)13(17)20-2/h4-7,10,14H,3,8H2,1-2H3,(H,15,16). The zero-order valence-corrected chi connectivity index (χ0v) is 12.5. The molecule has 0 aliphatic rings. The van der Waals surface area contributed by atoms with Gasteiger partial charge in [-0.3, -0.25) is 4.79 Å². The average molecular weight is 315 g/mol. The van der Waals surface area contributed by atoms with E-state index in [1.165, 1.54) is 31.4 Å². The Morgan fingerprint density at radius 1 is 1.29 bits per heavy atom. The Kier molecular flexibility index (Phi) is 5.86. The minimum atomic E-state index is -3.83. The third kappa shape index (κ3) is 4.83. The summed E-state index contributed by atoms with van der Waals surface area (Å²) in [4.78, 5) is 21.9. The fourth-order valence-electron chi connectivity index (χ4n) is 1.66. The van der Waals surface area contributed by atoms with Gasteiger partial charge in [0.2, 0.25) is 10.0 Å². The summed E-state index contributed by atoms with van der Waals surface area (Å²) >= 11 is 0. The number of carbonyl (C=O) groups is 2. The zero-order valence-electron chi connectivity index (χ0n) is 11.7. The van der Waals surface area contributed by atoms with Crippen LogP contribution in [0.5, 0.6) is 0 Å². The van der Waals surface area contributed by atoms with Gasteiger partial charge in [-0.15, -0.1) is 0 Å². The molecule has 1 aromatic rings. The number of hydrogen-bond acceptors (Lipinski definition) is 5. The third-order valence-electron chi connectivity index (χ3n) is 2.82. The topological polar surface area (TPSA) is 110 Å². The normalized spacial score (nSPS) is 12.7. The highest BCUT2D eigenvalue weighted by Crippen LogP contribution is 2.13. The molecule has 0 heterocycles. The lowest BCUT2D eigenvalue weighted by Gasteiger charge is -2.15. The Hall–Kier alpha value is -1.93. The summed E-state index contributed by atoms with van der Waals surface area (Å²) in [5.41, 5.74) is 0.231. The van der Waals surface area contributed by atoms with E-state index < -0.39 is 28.0 Å². The zero-order chi connectivity index (χ0) is 16.0. The number of carboxylic acids is 1. The van der Waals surface area contributed by atoms with Crippen LogP contribution < -0.4 is 4.72 Å². The summed E-state index contributed by atoms with van der Waals surface area (Å²) in [6, 6.07) is 4.51. The largest absolute Gasteiger partial charge is 0.481 e. The maximum absolute atomic E-state index is 12.1. The molecule has 0 aromatic heterocycles. The van der Waals surface area contributed by atoms with Crippen LogP contribution in [-0.2, 0) is 19.6 Å². The Balaban J connectivity index is 2.92. The molecular weight excluding hydrogens is 298 g/mol. The fraction of sp³-hybridized carbons (Fsp3) is 0.385. The molecule has 0 aliphatic carbocycles. The van der Waals surface area contributed by atoms with Crippen molar-refractivity contribution in [1.82, 2.24) is 4.72 Å². The molecular formula is C13H17NO6S. The molecule has 0 bridgehead atoms. The Morgan fingerprint density at radius 3 is 2.29 bits per heavy atom. The fourth-order valence-corrected chi connectivity index (χ4v) is 2.97. The molecule has 2 N–H and O–H groups in total. The van der Waals surface area contributed by atoms with Crippen LogP contribution in [0, 0.1) is 0 Å². The van der Waals surface area contributed by atoms with Gasteiger partial charge in [-0.2, -0.15) is 0 Å². The maximum atomic E-state index is 12.1. The first-order valence-corrected chi connectivity index (χ1v) is 7.71. The first-order chi connectivity index (χ1) is 9.80. The van der Waals surface area contributed by atoms with E-state index in [0.29, 0.717) is 6.42 Å². The maximum Gasteiger partial charge on any atom is 0.337 e. The van der Waals surface area contributed by atoms with Crippen LogP contribution in [0.1, 0.15) is 30.1 Å². The van der Waals surface area contributed by atoms with Crippen LogP contribution in [0.3, 0.4) is 0 Å². The van der Waals surface area contributed by atoms with Gasteiger partial charge in [0.15, 0.2) is 0 Å². The van der Waals surface area contributed by atoms with Crippen LogP contribution in [-0.4, -0.2) is 38.6 Å². The van der Waals surface area contributed by atoms with Crippen LogP contribution >= 0.6 is 0 Å². The number of esters is 1. The van der Waals surface area contributed by atoms with E-state index in [9.17, 15) is 18.0 Å². The summed E-state index contributed by atoms with van der Waals surface area (Å²) < 4.78 is 31.1. The van der Waals surface area contributed by atoms with Gasteiger partial charge in [-0.05, 0) is 30.7 Å². The van der Waals surface area contributed by atoms with Crippen molar-refractivity contribution in [2.24, 2.45) is 0 Å². The van der Waals surface area contributed by atoms with Gasteiger partial charge < -0.3 is 9.84 Å². The van der Waals surface area contributed by atoms with Gasteiger partial charge in [-0.1, -0.05) is 6.92 Å². The van der Waals surface area contributed by atoms with Crippen LogP contribution in [0.15, 0.2) is 29.2 Å². The molecule has 116 valence electrons. The molecule has 1 aromatic carbocycles. The predicted octanol–water partition coefficient (Wildman–Crippen LogP) is 1.00. The number of carbonyl (C=O) groups excluding carboxylic acids is 1. The van der Waals surface area contributed by atoms with Gasteiger partial charge >= 0.3 is 11.9 Å². The van der Waals surface area contributed by atoms with E-state index >= 15 is 0 Å². The molecule has 0 radical (unpaired) electrons. The number of aliphatic carboxylic acids is 1. The Morgan fingerprint density at radius 2 is 1.86 bits per heavy atom. The lowest BCUT2D eigenvalue weighted by atomic mass is 10.2. The van der Waals surface area contributed by atoms with Crippen molar-refractivity contribution in [3.63, 3.8) is 0 Å². The van der Waals surface area contributed by atoms with E-state index in [4.69, 9.17) is 5.11 Å². The summed E-state index contributed by atoms with van der Waals surface area (Å²) in [6.07, 6.45) is 0.0573. The number of nitrogens with one attached hydrogen (secondary N) is 1. The van der Waals surface area contributed by atoms with Crippen molar-refractivity contribution in [2.75, 3.05) is 7.11 Å². The number of benzene rings is 1. The second kappa shape index (κ2) is 7.19. The number of rotatable bonds is 7. The van der Waals surface area contributed by atoms with Crippen LogP contribution in [0.2, 0.25) is 0 Å². The number of carboxylic acid groups (broad SMARTS) is 1. The third-order valence-corrected chi connectivity index (χ3v) is 4.36. The molecule has 0 aliphatic heterocycles. The monoisotopic (exact) mass is 315 g/mol. The van der Waals surface area contributed by atoms with E-state index in [-0.39, 0.29) is 16.9 Å². The molecule has 0 saturated carbocycles. The summed E-state index contributed by atoms with van der Waals surface area (Å²) in [6.45, 7) is 1.69. The molecule has 1 rings (SSSR count). The highest BCUT2D eigenvalue weighted by atomic mass is 32.2. The first-order valence-electron chi connectivity index (χ1n) is 6.22. The predicted molar refractivity (Wildman–Crippen MR) is 74.4 cm³/mol. The first kappa shape index (κ1) is 17.1. The molecule has 0 fully saturated rings. The van der Waals surface area contributed by atoms with Gasteiger partial charge in [0, 0.05) is 6.04 Å². The van der Waals surface area contributed by atoms with Crippen molar-refractivity contribution < 1.29 is 27.9 Å². The van der Waals surface area contributed by atoms with Gasteiger partial charge in [0.25, 0.3) is 0 Å². The van der Waals surface area contributed by atoms with Gasteiger partial charge in [0.05, 0.1) is 24.0 Å². The summed E-state index contributed by atoms with van der Waals surface area (Å²) in [5.74, 6) is -1.64. The van der Waals surface area contributed by atoms with E-state index in [2.05, 4.69) is 9.46 Å². The van der Waals surface area contributed by atoms with E-state index in [1.54, 1.807) is 6.92 Å². The van der Waals surface area contributed by atoms with E-state index in [1.807, 2.05) is 0 Å². The number of methoxy groups -OCH3 is 1. The number of ether oxygens (including phenoxy) is 1. The molecule has 0 amide bonds. The second-order valence-corrected chi connectivity index (χ2v) is 6.05. The summed E-state index contributed by atoms with van der Waals surface area (Å²) in [5, 5.41) is 8.72. The van der Waals surface area contributed by atoms with Crippen LogP contribution in [0.25, 0.3) is 0 Å². The number of sulfonamides is 1. The molecule has 1 unspecified atom stereocenters. The average Bonchev–Trinajstić information content (AvgIpc) is 2.45. The van der Waals surface area contributed by atoms with Crippen molar-refractivity contribution in [2.45, 2.75) is 30.7 Å². The number of hydrogen-bond donors (Lipinski definition) is 2. The molecule has 0 saturated heterocycles. The molecule has 8 heteroatoms. The van der Waals surface area contributed by atoms with Gasteiger partial charge in [0.1, 0.15) is 0 Å². The quantitative estimate of drug-likeness (QED) is 0.727. The lowest BCUT2D eigenvalue weighted by molar-refractivity contribution is -0.137. The second-order valence-electron chi connectivity index (χ2n) is 4.34. The SMILES string of the molecule is CCC(CC(=O)O)NS(=O)(=O)c1ccc(C(=O)OC)cc1. The van der Waals surface area contributed by atoms with Crippen molar-refractivity contribution in [3.05, 3.63) is 29.8 Å². The molecule has 21 heavy (non-hydrogen) atoms. The summed E-state index contributed by atoms with van der Waals surface area (Å²) in [7, 11) is -2.60. The van der Waals surface area contributed by atoms with Gasteiger partial charge in [-0.25, -0.2) is 17.9 Å². The smallest absolute Gasteiger partial charge is 0.337 e. The minimum Gasteiger partial charge on any atom is -0.481 e.